The molecule has 0 radical (unpaired) electrons. The third-order valence-corrected chi connectivity index (χ3v) is 5.65. The molecular weight excluding hydrogens is 410 g/mol. The van der Waals surface area contributed by atoms with E-state index in [2.05, 4.69) is 29.6 Å². The number of carbonyl (C=O) groups is 1. The number of hydrogen-bond acceptors (Lipinski definition) is 3. The van der Waals surface area contributed by atoms with E-state index in [1.165, 1.54) is 22.3 Å². The van der Waals surface area contributed by atoms with E-state index in [0.29, 0.717) is 24.6 Å². The third-order valence-electron chi connectivity index (χ3n) is 5.41. The molecule has 1 aliphatic carbocycles. The summed E-state index contributed by atoms with van der Waals surface area (Å²) in [4.78, 5) is 12.2. The molecule has 5 heteroatoms. The lowest BCUT2D eigenvalue weighted by Crippen LogP contribution is -2.26. The third kappa shape index (κ3) is 4.75. The second-order valence-corrected chi connectivity index (χ2v) is 7.77. The number of ether oxygens (including phenoxy) is 2. The summed E-state index contributed by atoms with van der Waals surface area (Å²) >= 11 is 6.04. The fourth-order valence-electron chi connectivity index (χ4n) is 3.95. The van der Waals surface area contributed by atoms with Gasteiger partial charge in [-0.2, -0.15) is 0 Å². The van der Waals surface area contributed by atoms with Gasteiger partial charge in [-0.1, -0.05) is 72.3 Å². The summed E-state index contributed by atoms with van der Waals surface area (Å²) in [7, 11) is 1.62. The number of rotatable bonds is 7. The van der Waals surface area contributed by atoms with Crippen molar-refractivity contribution >= 4 is 23.8 Å². The molecule has 0 unspecified atom stereocenters. The Morgan fingerprint density at radius 3 is 2.39 bits per heavy atom. The van der Waals surface area contributed by atoms with Gasteiger partial charge in [-0.05, 0) is 46.9 Å². The monoisotopic (exact) mass is 433 g/mol. The molecule has 4 nitrogen and oxygen atoms in total. The second-order valence-electron chi connectivity index (χ2n) is 7.33. The molecule has 0 aromatic heterocycles. The highest BCUT2D eigenvalue weighted by molar-refractivity contribution is 6.30. The number of hydrogen-bond donors (Lipinski definition) is 1. The van der Waals surface area contributed by atoms with Gasteiger partial charge in [0.1, 0.15) is 12.4 Å². The standard InChI is InChI=1S/C26H24ClNO3/c1-30-25-14-13-19(27)16-18(25)8-6-7-15-28-26(29)31-17-24-22-11-4-2-9-20(22)21-10-3-5-12-23(21)24/h2-6,8-14,16,24H,7,15,17H2,1H3,(H,28,29). The Bertz CT molecular complexity index is 1060. The summed E-state index contributed by atoms with van der Waals surface area (Å²) in [6.07, 6.45) is 4.16. The summed E-state index contributed by atoms with van der Waals surface area (Å²) in [5.74, 6) is 0.818. The van der Waals surface area contributed by atoms with Crippen LogP contribution in [0.25, 0.3) is 17.2 Å². The molecule has 3 aromatic carbocycles. The van der Waals surface area contributed by atoms with E-state index in [4.69, 9.17) is 21.1 Å². The van der Waals surface area contributed by atoms with E-state index in [0.717, 1.165) is 11.3 Å². The second kappa shape index (κ2) is 9.71. The SMILES string of the molecule is COc1ccc(Cl)cc1C=CCCNC(=O)OCC1c2ccccc2-c2ccccc21. The average molecular weight is 434 g/mol. The molecule has 31 heavy (non-hydrogen) atoms. The first kappa shape index (κ1) is 21.0. The normalized spacial score (nSPS) is 12.5. The zero-order valence-corrected chi connectivity index (χ0v) is 18.1. The van der Waals surface area contributed by atoms with Crippen LogP contribution in [-0.4, -0.2) is 26.4 Å². The minimum Gasteiger partial charge on any atom is -0.496 e. The Labute approximate surface area is 187 Å². The molecule has 0 fully saturated rings. The van der Waals surface area contributed by atoms with Crippen LogP contribution < -0.4 is 10.1 Å². The summed E-state index contributed by atoms with van der Waals surface area (Å²) in [5.41, 5.74) is 5.74. The zero-order chi connectivity index (χ0) is 21.6. The van der Waals surface area contributed by atoms with E-state index in [9.17, 15) is 4.79 Å². The van der Waals surface area contributed by atoms with Crippen LogP contribution in [0.4, 0.5) is 4.79 Å². The van der Waals surface area contributed by atoms with E-state index >= 15 is 0 Å². The Hall–Kier alpha value is -3.24. The van der Waals surface area contributed by atoms with Crippen LogP contribution in [0.5, 0.6) is 5.75 Å². The molecule has 0 bridgehead atoms. The Morgan fingerprint density at radius 2 is 1.71 bits per heavy atom. The van der Waals surface area contributed by atoms with Crippen molar-refractivity contribution in [3.8, 4) is 16.9 Å². The van der Waals surface area contributed by atoms with Crippen LogP contribution in [0.1, 0.15) is 29.0 Å². The quantitative estimate of drug-likeness (QED) is 0.445. The molecule has 0 saturated carbocycles. The van der Waals surface area contributed by atoms with Gasteiger partial charge in [-0.15, -0.1) is 0 Å². The minimum absolute atomic E-state index is 0.0633. The predicted octanol–water partition coefficient (Wildman–Crippen LogP) is 6.29. The first-order chi connectivity index (χ1) is 15.2. The van der Waals surface area contributed by atoms with E-state index in [1.807, 2.05) is 48.6 Å². The van der Waals surface area contributed by atoms with Crippen molar-refractivity contribution in [2.24, 2.45) is 0 Å². The van der Waals surface area contributed by atoms with Gasteiger partial charge in [-0.3, -0.25) is 0 Å². The van der Waals surface area contributed by atoms with Gasteiger partial charge < -0.3 is 14.8 Å². The maximum Gasteiger partial charge on any atom is 0.407 e. The molecule has 0 heterocycles. The van der Waals surface area contributed by atoms with Crippen LogP contribution in [0, 0.1) is 0 Å². The largest absolute Gasteiger partial charge is 0.496 e. The van der Waals surface area contributed by atoms with Gasteiger partial charge in [0.25, 0.3) is 0 Å². The maximum absolute atomic E-state index is 12.2. The fourth-order valence-corrected chi connectivity index (χ4v) is 4.13. The van der Waals surface area contributed by atoms with Crippen LogP contribution in [0.15, 0.2) is 72.8 Å². The smallest absolute Gasteiger partial charge is 0.407 e. The lowest BCUT2D eigenvalue weighted by Gasteiger charge is -2.14. The van der Waals surface area contributed by atoms with Crippen molar-refractivity contribution < 1.29 is 14.3 Å². The van der Waals surface area contributed by atoms with Gasteiger partial charge in [0.05, 0.1) is 7.11 Å². The van der Waals surface area contributed by atoms with E-state index in [1.54, 1.807) is 13.2 Å². The Morgan fingerprint density at radius 1 is 1.03 bits per heavy atom. The Balaban J connectivity index is 1.28. The number of alkyl carbamates (subject to hydrolysis) is 1. The van der Waals surface area contributed by atoms with Crippen LogP contribution in [0.3, 0.4) is 0 Å². The molecule has 1 aliphatic rings. The van der Waals surface area contributed by atoms with Crippen molar-refractivity contribution in [1.29, 1.82) is 0 Å². The summed E-state index contributed by atoms with van der Waals surface area (Å²) < 4.78 is 10.9. The number of amides is 1. The topological polar surface area (TPSA) is 47.6 Å². The Kier molecular flexibility index (Phi) is 6.58. The summed E-state index contributed by atoms with van der Waals surface area (Å²) in [6.45, 7) is 0.797. The van der Waals surface area contributed by atoms with Gasteiger partial charge in [0, 0.05) is 23.0 Å². The first-order valence-corrected chi connectivity index (χ1v) is 10.6. The number of benzene rings is 3. The lowest BCUT2D eigenvalue weighted by molar-refractivity contribution is 0.143. The molecule has 158 valence electrons. The maximum atomic E-state index is 12.2. The fraction of sp³-hybridized carbons (Fsp3) is 0.192. The molecular formula is C26H24ClNO3. The number of nitrogens with one attached hydrogen (secondary N) is 1. The van der Waals surface area contributed by atoms with Crippen molar-refractivity contribution in [1.82, 2.24) is 5.32 Å². The number of halogens is 1. The zero-order valence-electron chi connectivity index (χ0n) is 17.3. The molecule has 1 amide bonds. The summed E-state index contributed by atoms with van der Waals surface area (Å²) in [6, 6.07) is 22.1. The molecule has 3 aromatic rings. The van der Waals surface area contributed by atoms with Crippen molar-refractivity contribution in [3.05, 3.63) is 94.5 Å². The lowest BCUT2D eigenvalue weighted by atomic mass is 9.98. The highest BCUT2D eigenvalue weighted by Gasteiger charge is 2.28. The van der Waals surface area contributed by atoms with Crippen LogP contribution >= 0.6 is 11.6 Å². The van der Waals surface area contributed by atoms with Gasteiger partial charge in [0.15, 0.2) is 0 Å². The van der Waals surface area contributed by atoms with Crippen molar-refractivity contribution in [2.45, 2.75) is 12.3 Å². The van der Waals surface area contributed by atoms with Gasteiger partial charge in [0.2, 0.25) is 0 Å². The molecule has 0 saturated heterocycles. The van der Waals surface area contributed by atoms with Crippen molar-refractivity contribution in [3.63, 3.8) is 0 Å². The minimum atomic E-state index is -0.407. The average Bonchev–Trinajstić information content (AvgIpc) is 3.11. The molecule has 0 atom stereocenters. The summed E-state index contributed by atoms with van der Waals surface area (Å²) in [5, 5.41) is 3.46. The number of carbonyl (C=O) groups excluding carboxylic acids is 1. The molecule has 0 spiro atoms. The molecule has 1 N–H and O–H groups in total. The van der Waals surface area contributed by atoms with Crippen LogP contribution in [-0.2, 0) is 4.74 Å². The van der Waals surface area contributed by atoms with Crippen molar-refractivity contribution in [2.75, 3.05) is 20.3 Å². The van der Waals surface area contributed by atoms with Gasteiger partial charge in [-0.25, -0.2) is 4.79 Å². The number of fused-ring (bicyclic) bond motifs is 3. The highest BCUT2D eigenvalue weighted by Crippen LogP contribution is 2.44. The predicted molar refractivity (Wildman–Crippen MR) is 125 cm³/mol. The molecule has 4 rings (SSSR count). The first-order valence-electron chi connectivity index (χ1n) is 10.3. The van der Waals surface area contributed by atoms with E-state index < -0.39 is 6.09 Å². The van der Waals surface area contributed by atoms with Gasteiger partial charge >= 0.3 is 6.09 Å². The highest BCUT2D eigenvalue weighted by atomic mass is 35.5. The van der Waals surface area contributed by atoms with E-state index in [-0.39, 0.29) is 5.92 Å². The number of methoxy groups -OCH3 is 1. The van der Waals surface area contributed by atoms with Crippen LogP contribution in [0.2, 0.25) is 5.02 Å². The molecule has 0 aliphatic heterocycles.